The third-order valence-electron chi connectivity index (χ3n) is 13.0. The van der Waals surface area contributed by atoms with Gasteiger partial charge in [-0.2, -0.15) is 0 Å². The molecule has 276 valence electrons. The van der Waals surface area contributed by atoms with Crippen LogP contribution in [-0.4, -0.2) is 10.4 Å². The van der Waals surface area contributed by atoms with Crippen molar-refractivity contribution < 1.29 is 0 Å². The van der Waals surface area contributed by atoms with Crippen molar-refractivity contribution in [3.05, 3.63) is 193 Å². The van der Waals surface area contributed by atoms with Crippen molar-refractivity contribution in [3.63, 3.8) is 0 Å². The predicted octanol–water partition coefficient (Wildman–Crippen LogP) is 15.9. The molecule has 3 heterocycles. The Morgan fingerprint density at radius 2 is 1.08 bits per heavy atom. The van der Waals surface area contributed by atoms with Crippen molar-refractivity contribution in [3.8, 4) is 0 Å². The second kappa shape index (κ2) is 12.5. The standard InChI is InChI=1S/C56H36N2S/c1-2-33-32-47-36-16-5-3-14-34(36)27-30-48(47)57-56(51(33)46-24-13-23-44-41-21-11-12-25-50(41)59-55(44)46)58-49-31-29-43-40-20-8-7-18-38(40)39-19-9-10-22-42(39)52(43)53(49)45-28-26-35-15-4-6-17-37(35)54(45)58/h3-31H,2,32H2,1H3. The molecule has 0 unspecified atom stereocenters. The van der Waals surface area contributed by atoms with E-state index in [0.717, 1.165) is 24.4 Å². The fourth-order valence-corrected chi connectivity index (χ4v) is 11.7. The number of hydrogen-bond donors (Lipinski definition) is 0. The molecule has 0 bridgehead atoms. The smallest absolute Gasteiger partial charge is 0.146 e. The number of allylic oxidation sites excluding steroid dienone is 2. The Labute approximate surface area is 344 Å². The highest BCUT2D eigenvalue weighted by Crippen LogP contribution is 2.48. The normalized spacial score (nSPS) is 13.5. The predicted molar refractivity (Wildman–Crippen MR) is 256 cm³/mol. The van der Waals surface area contributed by atoms with Crippen molar-refractivity contribution in [1.29, 1.82) is 0 Å². The number of rotatable bonds is 2. The van der Waals surface area contributed by atoms with E-state index in [9.17, 15) is 0 Å². The summed E-state index contributed by atoms with van der Waals surface area (Å²) < 4.78 is 5.17. The van der Waals surface area contributed by atoms with Crippen LogP contribution in [0.1, 0.15) is 24.5 Å². The van der Waals surface area contributed by atoms with E-state index in [0.29, 0.717) is 0 Å². The van der Waals surface area contributed by atoms with E-state index < -0.39 is 0 Å². The fraction of sp³-hybridized carbons (Fsp3) is 0.0536. The Balaban J connectivity index is 1.26. The topological polar surface area (TPSA) is 17.3 Å². The van der Waals surface area contributed by atoms with Crippen molar-refractivity contribution in [2.45, 2.75) is 19.8 Å². The van der Waals surface area contributed by atoms with E-state index in [-0.39, 0.29) is 0 Å². The Hall–Kier alpha value is -7.07. The van der Waals surface area contributed by atoms with E-state index in [1.54, 1.807) is 0 Å². The van der Waals surface area contributed by atoms with Gasteiger partial charge in [-0.05, 0) is 79.7 Å². The molecule has 0 atom stereocenters. The molecule has 1 aliphatic heterocycles. The Bertz CT molecular complexity index is 3820. The van der Waals surface area contributed by atoms with Crippen LogP contribution in [0.4, 0.5) is 5.69 Å². The van der Waals surface area contributed by atoms with Gasteiger partial charge in [0, 0.05) is 52.9 Å². The summed E-state index contributed by atoms with van der Waals surface area (Å²) in [4.78, 5) is 5.97. The summed E-state index contributed by atoms with van der Waals surface area (Å²) in [7, 11) is 0. The molecule has 0 N–H and O–H groups in total. The maximum Gasteiger partial charge on any atom is 0.146 e. The number of fused-ring (bicyclic) bond motifs is 18. The third-order valence-corrected chi connectivity index (χ3v) is 14.3. The molecule has 0 saturated heterocycles. The zero-order chi connectivity index (χ0) is 38.8. The molecule has 0 spiro atoms. The minimum absolute atomic E-state index is 0.828. The van der Waals surface area contributed by atoms with Crippen LogP contribution >= 0.6 is 11.3 Å². The molecule has 2 aromatic heterocycles. The van der Waals surface area contributed by atoms with Crippen molar-refractivity contribution in [2.24, 2.45) is 4.99 Å². The molecule has 1 aliphatic rings. The van der Waals surface area contributed by atoms with Gasteiger partial charge in [-0.1, -0.05) is 170 Å². The molecule has 0 amide bonds. The summed E-state index contributed by atoms with van der Waals surface area (Å²) in [5.41, 5.74) is 8.59. The number of aromatic nitrogens is 1. The van der Waals surface area contributed by atoms with E-state index in [2.05, 4.69) is 187 Å². The van der Waals surface area contributed by atoms with Crippen molar-refractivity contribution in [1.82, 2.24) is 4.57 Å². The Morgan fingerprint density at radius 1 is 0.492 bits per heavy atom. The molecule has 0 aliphatic carbocycles. The number of hydrogen-bond acceptors (Lipinski definition) is 2. The van der Waals surface area contributed by atoms with E-state index in [1.807, 2.05) is 11.3 Å². The van der Waals surface area contributed by atoms with Gasteiger partial charge in [0.2, 0.25) is 0 Å². The summed E-state index contributed by atoms with van der Waals surface area (Å²) in [6, 6.07) is 65.4. The Kier molecular flexibility index (Phi) is 6.96. The minimum Gasteiger partial charge on any atom is -0.293 e. The lowest BCUT2D eigenvalue weighted by Gasteiger charge is -2.19. The van der Waals surface area contributed by atoms with Crippen LogP contribution in [0.5, 0.6) is 0 Å². The highest BCUT2D eigenvalue weighted by Gasteiger charge is 2.29. The first-order chi connectivity index (χ1) is 29.2. The second-order valence-corrected chi connectivity index (χ2v) is 17.1. The lowest BCUT2D eigenvalue weighted by atomic mass is 9.90. The van der Waals surface area contributed by atoms with Crippen LogP contribution in [0, 0.1) is 0 Å². The zero-order valence-corrected chi connectivity index (χ0v) is 33.3. The van der Waals surface area contributed by atoms with Crippen LogP contribution in [0.25, 0.3) is 101 Å². The second-order valence-electron chi connectivity index (χ2n) is 16.0. The van der Waals surface area contributed by atoms with Gasteiger partial charge in [0.1, 0.15) is 5.84 Å². The number of aliphatic imine (C=N–C) groups is 1. The maximum atomic E-state index is 5.97. The number of benzene rings is 10. The summed E-state index contributed by atoms with van der Waals surface area (Å²) in [6.45, 7) is 2.33. The van der Waals surface area contributed by atoms with Crippen LogP contribution < -0.4 is 0 Å². The van der Waals surface area contributed by atoms with E-state index in [1.165, 1.54) is 118 Å². The molecular formula is C56H36N2S. The van der Waals surface area contributed by atoms with E-state index in [4.69, 9.17) is 4.99 Å². The van der Waals surface area contributed by atoms with Gasteiger partial charge in [0.25, 0.3) is 0 Å². The maximum absolute atomic E-state index is 5.97. The number of thiophene rings is 1. The molecule has 13 rings (SSSR count). The average Bonchev–Trinajstić information content (AvgIpc) is 3.80. The largest absolute Gasteiger partial charge is 0.293 e. The van der Waals surface area contributed by atoms with Gasteiger partial charge in [-0.15, -0.1) is 11.3 Å². The quantitative estimate of drug-likeness (QED) is 0.156. The summed E-state index contributed by atoms with van der Waals surface area (Å²) in [6.07, 6.45) is 1.73. The highest BCUT2D eigenvalue weighted by molar-refractivity contribution is 7.26. The molecule has 10 aromatic carbocycles. The highest BCUT2D eigenvalue weighted by atomic mass is 32.1. The summed E-state index contributed by atoms with van der Waals surface area (Å²) in [5, 5.41) is 17.8. The van der Waals surface area contributed by atoms with Crippen molar-refractivity contribution in [2.75, 3.05) is 0 Å². The third kappa shape index (κ3) is 4.59. The van der Waals surface area contributed by atoms with Gasteiger partial charge in [-0.3, -0.25) is 4.57 Å². The van der Waals surface area contributed by atoms with Gasteiger partial charge in [-0.25, -0.2) is 4.99 Å². The fourth-order valence-electron chi connectivity index (χ4n) is 10.4. The SMILES string of the molecule is CCC1=C(c2cccc3c2sc2ccccc23)C(n2c3ccc4c5ccccc5c5ccccc5c4c3c3ccc4ccccc4c32)=Nc2ccc3ccccc3c2C1. The molecule has 2 nitrogen and oxygen atoms in total. The van der Waals surface area contributed by atoms with Gasteiger partial charge in [0.05, 0.1) is 16.7 Å². The van der Waals surface area contributed by atoms with Crippen LogP contribution in [-0.2, 0) is 6.42 Å². The molecule has 0 saturated carbocycles. The monoisotopic (exact) mass is 768 g/mol. The van der Waals surface area contributed by atoms with Gasteiger partial charge in [0.15, 0.2) is 0 Å². The first kappa shape index (κ1) is 33.0. The molecular weight excluding hydrogens is 733 g/mol. The van der Waals surface area contributed by atoms with Crippen molar-refractivity contribution >= 4 is 124 Å². The molecule has 12 aromatic rings. The average molecular weight is 769 g/mol. The molecule has 59 heavy (non-hydrogen) atoms. The summed E-state index contributed by atoms with van der Waals surface area (Å²) in [5.74, 6) is 0.988. The van der Waals surface area contributed by atoms with Gasteiger partial charge >= 0.3 is 0 Å². The molecule has 0 fully saturated rings. The first-order valence-electron chi connectivity index (χ1n) is 20.7. The van der Waals surface area contributed by atoms with Gasteiger partial charge < -0.3 is 0 Å². The van der Waals surface area contributed by atoms with Crippen LogP contribution in [0.3, 0.4) is 0 Å². The molecule has 0 radical (unpaired) electrons. The molecule has 3 heteroatoms. The lowest BCUT2D eigenvalue weighted by molar-refractivity contribution is 1.02. The summed E-state index contributed by atoms with van der Waals surface area (Å²) >= 11 is 1.90. The minimum atomic E-state index is 0.828. The van der Waals surface area contributed by atoms with Crippen LogP contribution in [0.15, 0.2) is 186 Å². The zero-order valence-electron chi connectivity index (χ0n) is 32.5. The Morgan fingerprint density at radius 3 is 1.86 bits per heavy atom. The number of nitrogens with zero attached hydrogens (tertiary/aromatic N) is 2. The van der Waals surface area contributed by atoms with Crippen LogP contribution in [0.2, 0.25) is 0 Å². The van der Waals surface area contributed by atoms with E-state index >= 15 is 0 Å². The first-order valence-corrected chi connectivity index (χ1v) is 21.5. The lowest BCUT2D eigenvalue weighted by Crippen LogP contribution is -2.16.